The molecule has 1 atom stereocenters. The van der Waals surface area contributed by atoms with Crippen LogP contribution in [0.2, 0.25) is 0 Å². The molecule has 0 aromatic rings. The van der Waals surface area contributed by atoms with Gasteiger partial charge in [-0.05, 0) is 0 Å². The van der Waals surface area contributed by atoms with Crippen molar-refractivity contribution in [1.29, 1.82) is 0 Å². The molecule has 0 saturated carbocycles. The zero-order valence-corrected chi connectivity index (χ0v) is 13.2. The van der Waals surface area contributed by atoms with Gasteiger partial charge in [0.25, 0.3) is 0 Å². The predicted octanol–water partition coefficient (Wildman–Crippen LogP) is 4.63. The van der Waals surface area contributed by atoms with Crippen LogP contribution < -0.4 is 0 Å². The van der Waals surface area contributed by atoms with Gasteiger partial charge in [-0.2, -0.15) is 17.2 Å². The summed E-state index contributed by atoms with van der Waals surface area (Å²) in [5, 5.41) is 0. The van der Waals surface area contributed by atoms with E-state index in [1.807, 2.05) is 12.2 Å². The van der Waals surface area contributed by atoms with Crippen molar-refractivity contribution in [2.24, 2.45) is 5.92 Å². The summed E-state index contributed by atoms with van der Waals surface area (Å²) in [5.41, 5.74) is 4.25. The van der Waals surface area contributed by atoms with Gasteiger partial charge in [-0.3, -0.25) is 12.2 Å². The summed E-state index contributed by atoms with van der Waals surface area (Å²) in [5.74, 6) is 0.560. The summed E-state index contributed by atoms with van der Waals surface area (Å²) in [6.07, 6.45) is 13.4. The third-order valence-corrected chi connectivity index (χ3v) is 2.82. The van der Waals surface area contributed by atoms with E-state index in [2.05, 4.69) is 50.1 Å². The Bertz CT molecular complexity index is 319. The Balaban J connectivity index is 0. The molecule has 2 aliphatic carbocycles. The molecule has 0 spiro atoms. The predicted molar refractivity (Wildman–Crippen MR) is 75.4 cm³/mol. The Labute approximate surface area is 123 Å². The molecule has 2 rings (SSSR count). The van der Waals surface area contributed by atoms with E-state index in [0.717, 1.165) is 6.42 Å². The summed E-state index contributed by atoms with van der Waals surface area (Å²) in [7, 11) is 0. The van der Waals surface area contributed by atoms with Crippen molar-refractivity contribution < 1.29 is 24.2 Å². The number of rotatable bonds is 0. The normalized spacial score (nSPS) is 19.9. The van der Waals surface area contributed by atoms with Crippen LogP contribution in [0.4, 0.5) is 0 Å². The Kier molecular flexibility index (Phi) is 12.2. The Hall–Kier alpha value is -0.287. The van der Waals surface area contributed by atoms with Gasteiger partial charge in [-0.15, -0.1) is 13.3 Å². The van der Waals surface area contributed by atoms with E-state index in [4.69, 9.17) is 0 Å². The summed E-state index contributed by atoms with van der Waals surface area (Å²) >= 11 is 1.30. The van der Waals surface area contributed by atoms with Gasteiger partial charge in [0.05, 0.1) is 0 Å². The second-order valence-corrected chi connectivity index (χ2v) is 3.80. The third kappa shape index (κ3) is 6.89. The molecule has 0 amide bonds. The molecule has 0 radical (unpaired) electrons. The van der Waals surface area contributed by atoms with E-state index < -0.39 is 0 Å². The van der Waals surface area contributed by atoms with Crippen LogP contribution in [0.1, 0.15) is 41.5 Å². The van der Waals surface area contributed by atoms with Crippen molar-refractivity contribution >= 4 is 4.21 Å². The first-order valence-corrected chi connectivity index (χ1v) is 7.21. The molecule has 0 aromatic heterocycles. The van der Waals surface area contributed by atoms with Gasteiger partial charge >= 0.3 is 28.4 Å². The van der Waals surface area contributed by atoms with Crippen LogP contribution in [0.5, 0.6) is 0 Å². The van der Waals surface area contributed by atoms with Crippen LogP contribution in [-0.4, -0.2) is 4.21 Å². The molecule has 1 unspecified atom stereocenters. The second-order valence-electron chi connectivity index (χ2n) is 3.80. The molecule has 1 heteroatoms. The average Bonchev–Trinajstić information content (AvgIpc) is 2.93. The maximum absolute atomic E-state index is 3.36. The third-order valence-electron chi connectivity index (χ3n) is 2.82. The zero-order valence-electron chi connectivity index (χ0n) is 10.7. The summed E-state index contributed by atoms with van der Waals surface area (Å²) in [6, 6.07) is 0. The molecule has 0 aliphatic heterocycles. The second kappa shape index (κ2) is 10.8. The summed E-state index contributed by atoms with van der Waals surface area (Å²) in [4.78, 5) is 0. The van der Waals surface area contributed by atoms with Crippen molar-refractivity contribution in [3.8, 4) is 0 Å². The molecule has 0 saturated heterocycles. The van der Waals surface area contributed by atoms with Crippen LogP contribution in [0.3, 0.4) is 0 Å². The number of hydrogen-bond acceptors (Lipinski definition) is 0. The van der Waals surface area contributed by atoms with Crippen molar-refractivity contribution in [1.82, 2.24) is 0 Å². The fraction of sp³-hybridized carbons (Fsp3) is 0.438. The molecule has 0 heterocycles. The van der Waals surface area contributed by atoms with Gasteiger partial charge in [-0.25, -0.2) is 17.7 Å². The van der Waals surface area contributed by atoms with Crippen LogP contribution >= 0.6 is 0 Å². The van der Waals surface area contributed by atoms with E-state index in [9.17, 15) is 0 Å². The topological polar surface area (TPSA) is 0 Å². The SMILES string of the molecule is C.CC1=[C-]C(C)C(C)=C1C.[C-]1=CC=CC1.[CH2]=[Zr+2]. The van der Waals surface area contributed by atoms with Gasteiger partial charge < -0.3 is 0 Å². The molecule has 0 bridgehead atoms. The monoisotopic (exact) mass is 306 g/mol. The van der Waals surface area contributed by atoms with Crippen molar-refractivity contribution in [2.75, 3.05) is 0 Å². The zero-order chi connectivity index (χ0) is 12.6. The fourth-order valence-electron chi connectivity index (χ4n) is 1.50. The van der Waals surface area contributed by atoms with Gasteiger partial charge in [0.15, 0.2) is 0 Å². The first kappa shape index (κ1) is 19.1. The minimum atomic E-state index is 0. The molecule has 92 valence electrons. The van der Waals surface area contributed by atoms with Crippen molar-refractivity contribution in [3.05, 3.63) is 47.1 Å². The van der Waals surface area contributed by atoms with Gasteiger partial charge in [0.2, 0.25) is 0 Å². The minimum absolute atomic E-state index is 0. The standard InChI is InChI=1S/C9H13.C5H5.CH4.CH2.Zr/c1-6-5-7(2)9(4)8(6)3;1-2-4-5-3-1;;;/h6H,1-4H3;1-3H,4H2;1H4;1H2;/q2*-1;;;+2. The van der Waals surface area contributed by atoms with Crippen molar-refractivity contribution in [3.63, 3.8) is 0 Å². The van der Waals surface area contributed by atoms with Crippen LogP contribution in [0, 0.1) is 18.1 Å². The van der Waals surface area contributed by atoms with Crippen molar-refractivity contribution in [2.45, 2.75) is 41.5 Å². The maximum atomic E-state index is 3.36. The van der Waals surface area contributed by atoms with Gasteiger partial charge in [0, 0.05) is 0 Å². The first-order chi connectivity index (χ1) is 7.63. The molecular weight excluding hydrogens is 283 g/mol. The van der Waals surface area contributed by atoms with Gasteiger partial charge in [0.1, 0.15) is 0 Å². The molecule has 0 N–H and O–H groups in total. The van der Waals surface area contributed by atoms with E-state index >= 15 is 0 Å². The first-order valence-electron chi connectivity index (χ1n) is 5.48. The number of hydrogen-bond donors (Lipinski definition) is 0. The molecule has 0 aromatic carbocycles. The van der Waals surface area contributed by atoms with Crippen LogP contribution in [0.25, 0.3) is 0 Å². The average molecular weight is 308 g/mol. The summed E-state index contributed by atoms with van der Waals surface area (Å²) in [6.45, 7) is 8.67. The quantitative estimate of drug-likeness (QED) is 0.572. The van der Waals surface area contributed by atoms with E-state index in [0.29, 0.717) is 5.92 Å². The summed E-state index contributed by atoms with van der Waals surface area (Å²) < 4.78 is 3.34. The van der Waals surface area contributed by atoms with E-state index in [1.54, 1.807) is 0 Å². The fourth-order valence-corrected chi connectivity index (χ4v) is 1.50. The van der Waals surface area contributed by atoms with Crippen LogP contribution in [0.15, 0.2) is 34.9 Å². The molecule has 2 aliphatic rings. The molecule has 0 fully saturated rings. The molecule has 17 heavy (non-hydrogen) atoms. The Morgan fingerprint density at radius 3 is 2.00 bits per heavy atom. The Morgan fingerprint density at radius 1 is 1.29 bits per heavy atom. The van der Waals surface area contributed by atoms with Gasteiger partial charge in [-0.1, -0.05) is 34.1 Å². The molecule has 0 nitrogen and oxygen atoms in total. The van der Waals surface area contributed by atoms with E-state index in [-0.39, 0.29) is 7.43 Å². The van der Waals surface area contributed by atoms with Crippen LogP contribution in [-0.2, 0) is 24.2 Å². The molecular formula is C16H24Zr. The Morgan fingerprint density at radius 2 is 1.88 bits per heavy atom. The number of allylic oxidation sites excluding steroid dienone is 8. The van der Waals surface area contributed by atoms with E-state index in [1.165, 1.54) is 41.0 Å².